The first-order valence-electron chi connectivity index (χ1n) is 9.31. The van der Waals surface area contributed by atoms with Crippen LogP contribution in [0, 0.1) is 6.92 Å². The first-order valence-corrected chi connectivity index (χ1v) is 10.8. The smallest absolute Gasteiger partial charge is 0.265 e. The highest BCUT2D eigenvalue weighted by molar-refractivity contribution is 7.92. The van der Waals surface area contributed by atoms with Crippen LogP contribution in [0.2, 0.25) is 0 Å². The lowest BCUT2D eigenvalue weighted by Gasteiger charge is -2.14. The zero-order chi connectivity index (χ0) is 19.7. The maximum Gasteiger partial charge on any atom is 0.265 e. The van der Waals surface area contributed by atoms with Crippen molar-refractivity contribution < 1.29 is 13.2 Å². The number of benzene rings is 2. The Bertz CT molecular complexity index is 1100. The number of rotatable bonds is 5. The van der Waals surface area contributed by atoms with E-state index in [0.717, 1.165) is 48.5 Å². The summed E-state index contributed by atoms with van der Waals surface area (Å²) < 4.78 is 36.3. The number of fused-ring (bicyclic) bond motifs is 1. The number of nitrogens with zero attached hydrogens (tertiary/aromatic N) is 2. The first-order chi connectivity index (χ1) is 13.5. The lowest BCUT2D eigenvalue weighted by atomic mass is 10.1. The standard InChI is InChI=1S/C21H23N3O3S/c1-15-10-11-19(27-2)20(13-15)28(25,26)23-17-8-4-3-7-16(17)18-14-24-12-6-5-9-21(24)22-18/h3-4,7-8,10-11,13-14,23H,5-6,9,12H2,1-2H3. The number of nitrogens with one attached hydrogen (secondary N) is 1. The van der Waals surface area contributed by atoms with E-state index in [0.29, 0.717) is 11.4 Å². The van der Waals surface area contributed by atoms with Crippen molar-refractivity contribution in [2.24, 2.45) is 0 Å². The van der Waals surface area contributed by atoms with Crippen LogP contribution in [0.25, 0.3) is 11.3 Å². The van der Waals surface area contributed by atoms with E-state index >= 15 is 0 Å². The van der Waals surface area contributed by atoms with Gasteiger partial charge in [-0.3, -0.25) is 4.72 Å². The van der Waals surface area contributed by atoms with Crippen molar-refractivity contribution in [3.8, 4) is 17.0 Å². The van der Waals surface area contributed by atoms with Crippen LogP contribution in [-0.2, 0) is 23.0 Å². The van der Waals surface area contributed by atoms with Crippen molar-refractivity contribution >= 4 is 15.7 Å². The number of ether oxygens (including phenoxy) is 1. The van der Waals surface area contributed by atoms with E-state index in [1.807, 2.05) is 37.4 Å². The van der Waals surface area contributed by atoms with Gasteiger partial charge >= 0.3 is 0 Å². The molecule has 28 heavy (non-hydrogen) atoms. The summed E-state index contributed by atoms with van der Waals surface area (Å²) in [5, 5.41) is 0. The van der Waals surface area contributed by atoms with Crippen molar-refractivity contribution in [1.82, 2.24) is 9.55 Å². The quantitative estimate of drug-likeness (QED) is 0.706. The average Bonchev–Trinajstić information content (AvgIpc) is 3.12. The zero-order valence-corrected chi connectivity index (χ0v) is 16.8. The molecule has 1 aromatic heterocycles. The summed E-state index contributed by atoms with van der Waals surface area (Å²) in [6.45, 7) is 2.80. The first kappa shape index (κ1) is 18.6. The average molecular weight is 398 g/mol. The molecule has 0 amide bonds. The van der Waals surface area contributed by atoms with Gasteiger partial charge in [-0.2, -0.15) is 0 Å². The van der Waals surface area contributed by atoms with Gasteiger partial charge in [0.05, 0.1) is 18.5 Å². The Morgan fingerprint density at radius 3 is 2.75 bits per heavy atom. The summed E-state index contributed by atoms with van der Waals surface area (Å²) in [5.41, 5.74) is 2.89. The van der Waals surface area contributed by atoms with Gasteiger partial charge in [0.15, 0.2) is 0 Å². The molecule has 1 aliphatic rings. The number of methoxy groups -OCH3 is 1. The third-order valence-electron chi connectivity index (χ3n) is 4.96. The molecular formula is C21H23N3O3S. The minimum Gasteiger partial charge on any atom is -0.495 e. The van der Waals surface area contributed by atoms with Gasteiger partial charge in [0, 0.05) is 24.7 Å². The molecule has 0 radical (unpaired) electrons. The van der Waals surface area contributed by atoms with Crippen molar-refractivity contribution in [1.29, 1.82) is 0 Å². The number of imidazole rings is 1. The molecule has 146 valence electrons. The van der Waals surface area contributed by atoms with Crippen molar-refractivity contribution in [3.05, 3.63) is 60.0 Å². The van der Waals surface area contributed by atoms with Crippen molar-refractivity contribution in [2.45, 2.75) is 37.6 Å². The highest BCUT2D eigenvalue weighted by atomic mass is 32.2. The molecule has 1 aliphatic heterocycles. The Morgan fingerprint density at radius 2 is 1.96 bits per heavy atom. The van der Waals surface area contributed by atoms with Crippen LogP contribution in [0.5, 0.6) is 5.75 Å². The number of aryl methyl sites for hydroxylation is 3. The topological polar surface area (TPSA) is 73.2 Å². The molecule has 1 N–H and O–H groups in total. The van der Waals surface area contributed by atoms with Crippen molar-refractivity contribution in [3.63, 3.8) is 0 Å². The molecule has 7 heteroatoms. The van der Waals surface area contributed by atoms with Gasteiger partial charge in [-0.05, 0) is 43.5 Å². The van der Waals surface area contributed by atoms with Gasteiger partial charge in [0.25, 0.3) is 10.0 Å². The Labute approximate surface area is 165 Å². The van der Waals surface area contributed by atoms with Crippen LogP contribution in [0.4, 0.5) is 5.69 Å². The Balaban J connectivity index is 1.73. The van der Waals surface area contributed by atoms with E-state index in [-0.39, 0.29) is 4.90 Å². The van der Waals surface area contributed by atoms with Gasteiger partial charge in [0.1, 0.15) is 16.5 Å². The van der Waals surface area contributed by atoms with Crippen LogP contribution in [0.1, 0.15) is 24.2 Å². The molecule has 4 rings (SSSR count). The molecule has 2 heterocycles. The van der Waals surface area contributed by atoms with Crippen LogP contribution in [0.3, 0.4) is 0 Å². The number of sulfonamides is 1. The molecule has 3 aromatic rings. The van der Waals surface area contributed by atoms with Crippen LogP contribution < -0.4 is 9.46 Å². The highest BCUT2D eigenvalue weighted by Gasteiger charge is 2.22. The molecule has 6 nitrogen and oxygen atoms in total. The van der Waals surface area contributed by atoms with Gasteiger partial charge < -0.3 is 9.30 Å². The van der Waals surface area contributed by atoms with E-state index in [2.05, 4.69) is 9.29 Å². The summed E-state index contributed by atoms with van der Waals surface area (Å²) in [7, 11) is -2.36. The Hall–Kier alpha value is -2.80. The molecule has 0 spiro atoms. The van der Waals surface area contributed by atoms with Gasteiger partial charge in [-0.1, -0.05) is 24.3 Å². The fraction of sp³-hybridized carbons (Fsp3) is 0.286. The van der Waals surface area contributed by atoms with Gasteiger partial charge in [-0.15, -0.1) is 0 Å². The summed E-state index contributed by atoms with van der Waals surface area (Å²) in [5.74, 6) is 1.37. The third kappa shape index (κ3) is 3.49. The summed E-state index contributed by atoms with van der Waals surface area (Å²) in [6.07, 6.45) is 5.24. The van der Waals surface area contributed by atoms with Gasteiger partial charge in [-0.25, -0.2) is 13.4 Å². The zero-order valence-electron chi connectivity index (χ0n) is 16.0. The van der Waals surface area contributed by atoms with Crippen LogP contribution >= 0.6 is 0 Å². The summed E-state index contributed by atoms with van der Waals surface area (Å²) in [4.78, 5) is 4.86. The number of aromatic nitrogens is 2. The number of anilines is 1. The van der Waals surface area contributed by atoms with E-state index < -0.39 is 10.0 Å². The number of hydrogen-bond donors (Lipinski definition) is 1. The molecular weight excluding hydrogens is 374 g/mol. The molecule has 0 bridgehead atoms. The second-order valence-corrected chi connectivity index (χ2v) is 8.65. The fourth-order valence-electron chi connectivity index (χ4n) is 3.53. The van der Waals surface area contributed by atoms with Crippen molar-refractivity contribution in [2.75, 3.05) is 11.8 Å². The maximum atomic E-state index is 13.1. The molecule has 0 aliphatic carbocycles. The molecule has 0 unspecified atom stereocenters. The van der Waals surface area contributed by atoms with Gasteiger partial charge in [0.2, 0.25) is 0 Å². The lowest BCUT2D eigenvalue weighted by molar-refractivity contribution is 0.402. The predicted octanol–water partition coefficient (Wildman–Crippen LogP) is 4.00. The molecule has 0 saturated heterocycles. The minimum absolute atomic E-state index is 0.119. The minimum atomic E-state index is -3.82. The largest absolute Gasteiger partial charge is 0.495 e. The monoisotopic (exact) mass is 397 g/mol. The molecule has 0 fully saturated rings. The second kappa shape index (κ2) is 7.31. The number of hydrogen-bond acceptors (Lipinski definition) is 4. The van der Waals surface area contributed by atoms with Crippen LogP contribution in [0.15, 0.2) is 53.6 Å². The van der Waals surface area contributed by atoms with E-state index in [1.54, 1.807) is 18.2 Å². The molecule has 0 atom stereocenters. The Kier molecular flexibility index (Phi) is 4.85. The lowest BCUT2D eigenvalue weighted by Crippen LogP contribution is -2.15. The molecule has 0 saturated carbocycles. The van der Waals surface area contributed by atoms with Crippen LogP contribution in [-0.4, -0.2) is 25.1 Å². The van der Waals surface area contributed by atoms with E-state index in [1.165, 1.54) is 7.11 Å². The summed E-state index contributed by atoms with van der Waals surface area (Å²) >= 11 is 0. The summed E-state index contributed by atoms with van der Waals surface area (Å²) in [6, 6.07) is 12.4. The normalized spacial score (nSPS) is 13.8. The fourth-order valence-corrected chi connectivity index (χ4v) is 4.87. The third-order valence-corrected chi connectivity index (χ3v) is 6.35. The van der Waals surface area contributed by atoms with E-state index in [9.17, 15) is 8.42 Å². The molecule has 2 aromatic carbocycles. The number of para-hydroxylation sites is 1. The highest BCUT2D eigenvalue weighted by Crippen LogP contribution is 2.32. The second-order valence-electron chi connectivity index (χ2n) is 7.00. The predicted molar refractivity (Wildman–Crippen MR) is 109 cm³/mol. The Morgan fingerprint density at radius 1 is 1.14 bits per heavy atom. The SMILES string of the molecule is COc1ccc(C)cc1S(=O)(=O)Nc1ccccc1-c1cn2c(n1)CCCC2. The van der Waals surface area contributed by atoms with E-state index in [4.69, 9.17) is 9.72 Å². The maximum absolute atomic E-state index is 13.1.